The molecule has 0 aromatic heterocycles. The first-order valence-corrected chi connectivity index (χ1v) is 4.60. The summed E-state index contributed by atoms with van der Waals surface area (Å²) in [5.74, 6) is -2.66. The van der Waals surface area contributed by atoms with Crippen LogP contribution < -0.4 is 21.5 Å². The number of hydrogen-bond acceptors (Lipinski definition) is 5. The average molecular weight is 233 g/mol. The van der Waals surface area contributed by atoms with Gasteiger partial charge in [-0.15, -0.1) is 0 Å². The Kier molecular flexibility index (Phi) is 6.04. The normalized spacial score (nSPS) is 13.7. The van der Waals surface area contributed by atoms with Gasteiger partial charge in [0.25, 0.3) is 5.91 Å². The number of quaternary nitrogens is 1. The van der Waals surface area contributed by atoms with Gasteiger partial charge in [0, 0.05) is 0 Å². The van der Waals surface area contributed by atoms with E-state index in [1.54, 1.807) is 0 Å². The lowest BCUT2D eigenvalue weighted by Gasteiger charge is -2.11. The van der Waals surface area contributed by atoms with E-state index in [1.807, 2.05) is 5.32 Å². The maximum absolute atomic E-state index is 11.2. The smallest absolute Gasteiger partial charge is 0.281 e. The van der Waals surface area contributed by atoms with Gasteiger partial charge in [-0.3, -0.25) is 9.59 Å². The van der Waals surface area contributed by atoms with Crippen molar-refractivity contribution in [2.45, 2.75) is 19.1 Å². The summed E-state index contributed by atoms with van der Waals surface area (Å²) in [5.41, 5.74) is 3.39. The summed E-state index contributed by atoms with van der Waals surface area (Å²) in [6.45, 7) is 0.414. The van der Waals surface area contributed by atoms with Gasteiger partial charge in [0.05, 0.1) is 19.1 Å². The SMILES string of the molecule is C[C@@H](O)[C@H]([NH3+])C(=O)NCC(=O)NCC(=O)[O-]. The van der Waals surface area contributed by atoms with Crippen molar-refractivity contribution in [3.05, 3.63) is 0 Å². The number of carbonyl (C=O) groups is 3. The maximum Gasteiger partial charge on any atom is 0.281 e. The van der Waals surface area contributed by atoms with Gasteiger partial charge in [-0.2, -0.15) is 0 Å². The zero-order chi connectivity index (χ0) is 12.7. The molecule has 0 aromatic rings. The lowest BCUT2D eigenvalue weighted by molar-refractivity contribution is -0.419. The second-order valence-corrected chi connectivity index (χ2v) is 3.21. The van der Waals surface area contributed by atoms with Crippen LogP contribution in [0.3, 0.4) is 0 Å². The third-order valence-electron chi connectivity index (χ3n) is 1.77. The minimum absolute atomic E-state index is 0.370. The molecule has 0 unspecified atom stereocenters. The Morgan fingerprint density at radius 2 is 1.88 bits per heavy atom. The summed E-state index contributed by atoms with van der Waals surface area (Å²) in [7, 11) is 0. The molecule has 0 bridgehead atoms. The zero-order valence-electron chi connectivity index (χ0n) is 8.86. The molecule has 8 heteroatoms. The molecule has 0 rings (SSSR count). The van der Waals surface area contributed by atoms with Gasteiger partial charge in [0.1, 0.15) is 6.10 Å². The van der Waals surface area contributed by atoms with E-state index >= 15 is 0 Å². The number of amides is 2. The van der Waals surface area contributed by atoms with E-state index in [0.29, 0.717) is 0 Å². The largest absolute Gasteiger partial charge is 0.548 e. The van der Waals surface area contributed by atoms with E-state index in [4.69, 9.17) is 5.11 Å². The highest BCUT2D eigenvalue weighted by Gasteiger charge is 2.22. The van der Waals surface area contributed by atoms with Crippen LogP contribution in [0.5, 0.6) is 0 Å². The third kappa shape index (κ3) is 5.94. The van der Waals surface area contributed by atoms with Crippen molar-refractivity contribution < 1.29 is 30.3 Å². The molecule has 0 radical (unpaired) electrons. The molecule has 2 amide bonds. The summed E-state index contributed by atoms with van der Waals surface area (Å²) in [6.07, 6.45) is -0.925. The van der Waals surface area contributed by atoms with Crippen molar-refractivity contribution in [3.8, 4) is 0 Å². The highest BCUT2D eigenvalue weighted by Crippen LogP contribution is 1.85. The molecule has 0 aliphatic heterocycles. The van der Waals surface area contributed by atoms with Gasteiger partial charge in [-0.25, -0.2) is 0 Å². The summed E-state index contributed by atoms with van der Waals surface area (Å²) in [4.78, 5) is 32.1. The van der Waals surface area contributed by atoms with Crippen LogP contribution in [0.2, 0.25) is 0 Å². The minimum Gasteiger partial charge on any atom is -0.548 e. The van der Waals surface area contributed by atoms with Crippen molar-refractivity contribution in [1.29, 1.82) is 0 Å². The molecule has 0 saturated heterocycles. The molecular weight excluding hydrogens is 218 g/mol. The fourth-order valence-corrected chi connectivity index (χ4v) is 0.751. The number of aliphatic hydroxyl groups is 1. The molecule has 0 spiro atoms. The topological polar surface area (TPSA) is 146 Å². The van der Waals surface area contributed by atoms with E-state index < -0.39 is 36.5 Å². The second-order valence-electron chi connectivity index (χ2n) is 3.21. The predicted octanol–water partition coefficient (Wildman–Crippen LogP) is -5.04. The van der Waals surface area contributed by atoms with Crippen LogP contribution >= 0.6 is 0 Å². The van der Waals surface area contributed by atoms with E-state index in [9.17, 15) is 19.5 Å². The second kappa shape index (κ2) is 6.75. The molecule has 0 fully saturated rings. The van der Waals surface area contributed by atoms with Crippen molar-refractivity contribution in [1.82, 2.24) is 10.6 Å². The first-order chi connectivity index (χ1) is 7.34. The van der Waals surface area contributed by atoms with Crippen molar-refractivity contribution in [2.24, 2.45) is 0 Å². The summed E-state index contributed by atoms with van der Waals surface area (Å²) >= 11 is 0. The molecule has 16 heavy (non-hydrogen) atoms. The lowest BCUT2D eigenvalue weighted by atomic mass is 10.2. The van der Waals surface area contributed by atoms with Gasteiger partial charge in [0.2, 0.25) is 5.91 Å². The van der Waals surface area contributed by atoms with Gasteiger partial charge in [-0.1, -0.05) is 0 Å². The van der Waals surface area contributed by atoms with Crippen LogP contribution in [0.4, 0.5) is 0 Å². The average Bonchev–Trinajstić information content (AvgIpc) is 2.21. The summed E-state index contributed by atoms with van der Waals surface area (Å²) in [5, 5.41) is 23.2. The Labute approximate surface area is 91.8 Å². The minimum atomic E-state index is -1.42. The van der Waals surface area contributed by atoms with Gasteiger partial charge < -0.3 is 31.4 Å². The Hall–Kier alpha value is -1.67. The first-order valence-electron chi connectivity index (χ1n) is 4.60. The molecule has 0 aliphatic rings. The lowest BCUT2D eigenvalue weighted by Crippen LogP contribution is -2.72. The van der Waals surface area contributed by atoms with Gasteiger partial charge in [0.15, 0.2) is 6.04 Å². The van der Waals surface area contributed by atoms with Crippen LogP contribution in [0.25, 0.3) is 0 Å². The van der Waals surface area contributed by atoms with Crippen LogP contribution in [0, 0.1) is 0 Å². The van der Waals surface area contributed by atoms with Crippen LogP contribution in [0.15, 0.2) is 0 Å². The monoisotopic (exact) mass is 233 g/mol. The predicted molar refractivity (Wildman–Crippen MR) is 49.4 cm³/mol. The first kappa shape index (κ1) is 14.3. The molecule has 0 aromatic carbocycles. The number of carboxylic acid groups (broad SMARTS) is 1. The Morgan fingerprint density at radius 1 is 1.31 bits per heavy atom. The molecule has 0 saturated carbocycles. The standard InChI is InChI=1S/C8H15N3O5/c1-4(12)7(9)8(16)11-2-5(13)10-3-6(14)15/h4,7,12H,2-3,9H2,1H3,(H,10,13)(H,11,16)(H,14,15)/t4-,7+/m1/s1. The number of aliphatic hydroxyl groups excluding tert-OH is 1. The Balaban J connectivity index is 3.83. The molecule has 0 aliphatic carbocycles. The van der Waals surface area contributed by atoms with Crippen molar-refractivity contribution in [3.63, 3.8) is 0 Å². The van der Waals surface area contributed by atoms with Gasteiger partial charge in [-0.05, 0) is 6.92 Å². The highest BCUT2D eigenvalue weighted by molar-refractivity contribution is 5.88. The zero-order valence-corrected chi connectivity index (χ0v) is 8.86. The summed E-state index contributed by atoms with van der Waals surface area (Å²) in [6, 6.07) is -0.881. The number of aliphatic carboxylic acids is 1. The number of nitrogens with one attached hydrogen (secondary N) is 2. The molecule has 92 valence electrons. The number of carboxylic acids is 1. The quantitative estimate of drug-likeness (QED) is 0.362. The van der Waals surface area contributed by atoms with E-state index in [2.05, 4.69) is 11.1 Å². The van der Waals surface area contributed by atoms with Crippen LogP contribution in [-0.2, 0) is 14.4 Å². The number of hydrogen-bond donors (Lipinski definition) is 4. The third-order valence-corrected chi connectivity index (χ3v) is 1.77. The maximum atomic E-state index is 11.2. The van der Waals surface area contributed by atoms with Crippen molar-refractivity contribution >= 4 is 17.8 Å². The number of rotatable bonds is 6. The van der Waals surface area contributed by atoms with Gasteiger partial charge >= 0.3 is 0 Å². The fourth-order valence-electron chi connectivity index (χ4n) is 0.751. The van der Waals surface area contributed by atoms with Crippen molar-refractivity contribution in [2.75, 3.05) is 13.1 Å². The molecular formula is C8H15N3O5. The molecule has 8 nitrogen and oxygen atoms in total. The summed E-state index contributed by atoms with van der Waals surface area (Å²) < 4.78 is 0. The Bertz CT molecular complexity index is 279. The molecule has 2 atom stereocenters. The Morgan fingerprint density at radius 3 is 2.31 bits per heavy atom. The van der Waals surface area contributed by atoms with E-state index in [-0.39, 0.29) is 6.54 Å². The number of carbonyl (C=O) groups excluding carboxylic acids is 3. The van der Waals surface area contributed by atoms with Crippen LogP contribution in [-0.4, -0.2) is 48.1 Å². The fraction of sp³-hybridized carbons (Fsp3) is 0.625. The molecule has 6 N–H and O–H groups in total. The molecule has 0 heterocycles. The van der Waals surface area contributed by atoms with E-state index in [0.717, 1.165) is 0 Å². The van der Waals surface area contributed by atoms with E-state index in [1.165, 1.54) is 6.92 Å². The highest BCUT2D eigenvalue weighted by atomic mass is 16.4. The van der Waals surface area contributed by atoms with Crippen LogP contribution in [0.1, 0.15) is 6.92 Å².